The molecule has 0 spiro atoms. The van der Waals surface area contributed by atoms with Crippen molar-refractivity contribution in [1.29, 1.82) is 0 Å². The van der Waals surface area contributed by atoms with Crippen LogP contribution >= 0.6 is 24.8 Å². The number of nitrogens with zero attached hydrogens (tertiary/aromatic N) is 3. The predicted molar refractivity (Wildman–Crippen MR) is 113 cm³/mol. The number of halogens is 2. The highest BCUT2D eigenvalue weighted by atomic mass is 35.5. The third-order valence-corrected chi connectivity index (χ3v) is 6.37. The summed E-state index contributed by atoms with van der Waals surface area (Å²) in [5, 5.41) is 6.67. The number of aryl methyl sites for hydroxylation is 1. The van der Waals surface area contributed by atoms with Crippen molar-refractivity contribution in [1.82, 2.24) is 25.0 Å². The van der Waals surface area contributed by atoms with Crippen LogP contribution in [0.2, 0.25) is 0 Å². The van der Waals surface area contributed by atoms with Gasteiger partial charge in [-0.05, 0) is 56.7 Å². The largest absolute Gasteiger partial charge is 0.339 e. The van der Waals surface area contributed by atoms with Crippen LogP contribution in [0.15, 0.2) is 10.9 Å². The fraction of sp³-hybridized carbons (Fsp3) is 0.632. The zero-order valence-corrected chi connectivity index (χ0v) is 17.6. The number of amides is 1. The lowest BCUT2D eigenvalue weighted by molar-refractivity contribution is 0.0760. The first-order valence-corrected chi connectivity index (χ1v) is 9.71. The standard InChI is InChI=1S/C19H25N5O2.2ClH/c1-23-17-16(18(25)22-23)14(8-15(21-17)11-2-3-11)19(26)24-6-4-12-9-20-10-13(12)5-7-24;;/h8,11-13,20H,2-7,9-10H2,1H3,(H,22,25);2*1H/t12-,13+;;. The van der Waals surface area contributed by atoms with E-state index < -0.39 is 0 Å². The van der Waals surface area contributed by atoms with Gasteiger partial charge in [0.15, 0.2) is 5.65 Å². The van der Waals surface area contributed by atoms with Crippen LogP contribution < -0.4 is 10.9 Å². The van der Waals surface area contributed by atoms with Crippen molar-refractivity contribution in [2.24, 2.45) is 18.9 Å². The minimum atomic E-state index is -0.225. The smallest absolute Gasteiger partial charge is 0.274 e. The van der Waals surface area contributed by atoms with E-state index in [0.717, 1.165) is 57.6 Å². The second kappa shape index (κ2) is 8.05. The number of carbonyl (C=O) groups excluding carboxylic acids is 1. The summed E-state index contributed by atoms with van der Waals surface area (Å²) in [6.07, 6.45) is 4.31. The molecule has 1 saturated carbocycles. The number of hydrogen-bond acceptors (Lipinski definition) is 4. The molecular formula is C19H27Cl2N5O2. The number of carbonyl (C=O) groups is 1. The molecule has 2 aromatic rings. The molecule has 2 aromatic heterocycles. The normalized spacial score (nSPS) is 24.2. The SMILES string of the molecule is Cl.Cl.Cn1[nH]c(=O)c2c(C(=O)N3CC[C@@H]4CNC[C@@H]4CC3)cc(C3CC3)nc21. The molecule has 1 amide bonds. The van der Waals surface area contributed by atoms with E-state index in [-0.39, 0.29) is 36.3 Å². The molecule has 2 atom stereocenters. The van der Waals surface area contributed by atoms with Crippen LogP contribution in [0.1, 0.15) is 47.7 Å². The summed E-state index contributed by atoms with van der Waals surface area (Å²) in [6, 6.07) is 1.88. The molecule has 0 bridgehead atoms. The number of pyridine rings is 1. The molecular weight excluding hydrogens is 401 g/mol. The van der Waals surface area contributed by atoms with Crippen molar-refractivity contribution >= 4 is 41.8 Å². The van der Waals surface area contributed by atoms with Gasteiger partial charge in [0.05, 0.1) is 10.9 Å². The van der Waals surface area contributed by atoms with Crippen LogP contribution in [0.5, 0.6) is 0 Å². The Bertz CT molecular complexity index is 922. The van der Waals surface area contributed by atoms with Crippen molar-refractivity contribution in [2.45, 2.75) is 31.6 Å². The molecule has 154 valence electrons. The first-order chi connectivity index (χ1) is 12.6. The molecule has 9 heteroatoms. The molecule has 0 radical (unpaired) electrons. The van der Waals surface area contributed by atoms with Crippen LogP contribution in [0.25, 0.3) is 11.0 Å². The molecule has 1 aliphatic carbocycles. The molecule has 7 nitrogen and oxygen atoms in total. The molecule has 2 aliphatic heterocycles. The van der Waals surface area contributed by atoms with E-state index in [0.29, 0.717) is 34.4 Å². The highest BCUT2D eigenvalue weighted by Crippen LogP contribution is 2.40. The summed E-state index contributed by atoms with van der Waals surface area (Å²) in [5.41, 5.74) is 1.85. The van der Waals surface area contributed by atoms with Crippen LogP contribution in [-0.4, -0.2) is 51.8 Å². The Morgan fingerprint density at radius 3 is 2.36 bits per heavy atom. The van der Waals surface area contributed by atoms with E-state index in [1.165, 1.54) is 0 Å². The molecule has 0 unspecified atom stereocenters. The lowest BCUT2D eigenvalue weighted by atomic mass is 9.92. The maximum absolute atomic E-state index is 13.4. The first-order valence-electron chi connectivity index (χ1n) is 9.71. The molecule has 4 heterocycles. The van der Waals surface area contributed by atoms with Crippen molar-refractivity contribution in [3.63, 3.8) is 0 Å². The summed E-state index contributed by atoms with van der Waals surface area (Å²) < 4.78 is 1.64. The summed E-state index contributed by atoms with van der Waals surface area (Å²) in [6.45, 7) is 3.68. The van der Waals surface area contributed by atoms with E-state index >= 15 is 0 Å². The van der Waals surface area contributed by atoms with E-state index in [9.17, 15) is 9.59 Å². The Morgan fingerprint density at radius 2 is 1.75 bits per heavy atom. The van der Waals surface area contributed by atoms with Crippen molar-refractivity contribution in [2.75, 3.05) is 26.2 Å². The van der Waals surface area contributed by atoms with E-state index in [2.05, 4.69) is 15.4 Å². The quantitative estimate of drug-likeness (QED) is 0.767. The van der Waals surface area contributed by atoms with Crippen molar-refractivity contribution < 1.29 is 4.79 Å². The zero-order valence-electron chi connectivity index (χ0n) is 15.9. The molecule has 3 aliphatic rings. The Labute approximate surface area is 176 Å². The predicted octanol–water partition coefficient (Wildman–Crippen LogP) is 2.05. The number of nitrogens with one attached hydrogen (secondary N) is 2. The molecule has 3 fully saturated rings. The van der Waals surface area contributed by atoms with Crippen LogP contribution in [0.4, 0.5) is 0 Å². The van der Waals surface area contributed by atoms with Gasteiger partial charge in [-0.1, -0.05) is 0 Å². The lowest BCUT2D eigenvalue weighted by Crippen LogP contribution is -2.33. The van der Waals surface area contributed by atoms with Gasteiger partial charge in [-0.15, -0.1) is 24.8 Å². The van der Waals surface area contributed by atoms with Gasteiger partial charge in [-0.3, -0.25) is 19.4 Å². The van der Waals surface area contributed by atoms with Crippen LogP contribution in [0, 0.1) is 11.8 Å². The Morgan fingerprint density at radius 1 is 1.11 bits per heavy atom. The molecule has 5 rings (SSSR count). The fourth-order valence-electron chi connectivity index (χ4n) is 4.63. The van der Waals surface area contributed by atoms with Crippen molar-refractivity contribution in [3.05, 3.63) is 27.7 Å². The van der Waals surface area contributed by atoms with E-state index in [1.54, 1.807) is 11.7 Å². The molecule has 2 N–H and O–H groups in total. The van der Waals surface area contributed by atoms with Crippen LogP contribution in [0.3, 0.4) is 0 Å². The number of aromatic nitrogens is 3. The highest BCUT2D eigenvalue weighted by molar-refractivity contribution is 6.05. The third kappa shape index (κ3) is 3.55. The zero-order chi connectivity index (χ0) is 17.8. The molecule has 2 saturated heterocycles. The van der Waals surface area contributed by atoms with Gasteiger partial charge in [-0.2, -0.15) is 0 Å². The van der Waals surface area contributed by atoms with Gasteiger partial charge in [0.25, 0.3) is 11.5 Å². The second-order valence-electron chi connectivity index (χ2n) is 8.12. The monoisotopic (exact) mass is 427 g/mol. The average molecular weight is 428 g/mol. The maximum atomic E-state index is 13.4. The Hall–Kier alpha value is -1.57. The van der Waals surface area contributed by atoms with E-state index in [4.69, 9.17) is 0 Å². The van der Waals surface area contributed by atoms with E-state index in [1.807, 2.05) is 11.0 Å². The number of H-pyrrole nitrogens is 1. The summed E-state index contributed by atoms with van der Waals surface area (Å²) in [7, 11) is 1.78. The lowest BCUT2D eigenvalue weighted by Gasteiger charge is -2.21. The minimum absolute atomic E-state index is 0. The van der Waals surface area contributed by atoms with Crippen LogP contribution in [-0.2, 0) is 7.05 Å². The summed E-state index contributed by atoms with van der Waals surface area (Å²) in [5.74, 6) is 1.77. The number of aromatic amines is 1. The van der Waals surface area contributed by atoms with Gasteiger partial charge < -0.3 is 10.2 Å². The molecule has 0 aromatic carbocycles. The van der Waals surface area contributed by atoms with Gasteiger partial charge in [-0.25, -0.2) is 4.98 Å². The van der Waals surface area contributed by atoms with Gasteiger partial charge in [0.1, 0.15) is 0 Å². The maximum Gasteiger partial charge on any atom is 0.274 e. The third-order valence-electron chi connectivity index (χ3n) is 6.37. The number of likely N-dealkylation sites (tertiary alicyclic amines) is 1. The minimum Gasteiger partial charge on any atom is -0.339 e. The Balaban J connectivity index is 0.00000112. The average Bonchev–Trinajstić information content (AvgIpc) is 3.37. The summed E-state index contributed by atoms with van der Waals surface area (Å²) in [4.78, 5) is 32.4. The second-order valence-corrected chi connectivity index (χ2v) is 8.12. The first kappa shape index (κ1) is 21.1. The number of hydrogen-bond donors (Lipinski definition) is 2. The topological polar surface area (TPSA) is 83.0 Å². The Kier molecular flexibility index (Phi) is 6.08. The van der Waals surface area contributed by atoms with Gasteiger partial charge in [0, 0.05) is 31.7 Å². The van der Waals surface area contributed by atoms with Gasteiger partial charge in [0.2, 0.25) is 0 Å². The van der Waals surface area contributed by atoms with Gasteiger partial charge >= 0.3 is 0 Å². The summed E-state index contributed by atoms with van der Waals surface area (Å²) >= 11 is 0. The number of fused-ring (bicyclic) bond motifs is 2. The fourth-order valence-corrected chi connectivity index (χ4v) is 4.63. The molecule has 28 heavy (non-hydrogen) atoms. The highest BCUT2D eigenvalue weighted by Gasteiger charge is 2.33. The number of rotatable bonds is 2. The van der Waals surface area contributed by atoms with Crippen molar-refractivity contribution in [3.8, 4) is 0 Å².